The van der Waals surface area contributed by atoms with Crippen molar-refractivity contribution in [1.82, 2.24) is 14.9 Å². The Balaban J connectivity index is 1.77. The third kappa shape index (κ3) is 3.07. The number of fused-ring (bicyclic) bond motifs is 1. The quantitative estimate of drug-likeness (QED) is 0.777. The molecule has 124 valence electrons. The van der Waals surface area contributed by atoms with Gasteiger partial charge in [0.25, 0.3) is 11.5 Å². The third-order valence-corrected chi connectivity index (χ3v) is 5.42. The number of hydrogen-bond acceptors (Lipinski definition) is 4. The van der Waals surface area contributed by atoms with Gasteiger partial charge in [0.05, 0.1) is 16.6 Å². The van der Waals surface area contributed by atoms with Crippen molar-refractivity contribution < 1.29 is 4.79 Å². The average Bonchev–Trinajstić information content (AvgIpc) is 2.90. The molecular weight excluding hydrogens is 346 g/mol. The minimum atomic E-state index is -0.190. The van der Waals surface area contributed by atoms with E-state index in [0.29, 0.717) is 38.6 Å². The van der Waals surface area contributed by atoms with E-state index in [1.165, 1.54) is 22.2 Å². The summed E-state index contributed by atoms with van der Waals surface area (Å²) >= 11 is 7.35. The van der Waals surface area contributed by atoms with Crippen LogP contribution in [0.3, 0.4) is 0 Å². The summed E-state index contributed by atoms with van der Waals surface area (Å²) in [4.78, 5) is 30.0. The zero-order chi connectivity index (χ0) is 17.3. The number of aryl methyl sites for hydroxylation is 2. The Morgan fingerprint density at radius 2 is 2.12 bits per heavy atom. The standard InChI is InChI=1S/C17H16ClN3O2S/c1-10-13-16(20-9-21(2)17(13)23)24-14(10)15(22)19-8-7-11-5-3-4-6-12(11)18/h3-6,9H,7-8H2,1-2H3,(H,19,22). The molecular formula is C17H16ClN3O2S. The summed E-state index contributed by atoms with van der Waals surface area (Å²) in [7, 11) is 1.65. The second-order valence-electron chi connectivity index (χ2n) is 5.49. The van der Waals surface area contributed by atoms with Gasteiger partial charge in [0.1, 0.15) is 4.83 Å². The molecule has 3 rings (SSSR count). The zero-order valence-electron chi connectivity index (χ0n) is 13.3. The number of carbonyl (C=O) groups is 1. The molecule has 0 fully saturated rings. The predicted octanol–water partition coefficient (Wildman–Crippen LogP) is 2.93. The van der Waals surface area contributed by atoms with Gasteiger partial charge >= 0.3 is 0 Å². The number of carbonyl (C=O) groups excluding carboxylic acids is 1. The van der Waals surface area contributed by atoms with Crippen molar-refractivity contribution in [2.45, 2.75) is 13.3 Å². The first-order valence-electron chi connectivity index (χ1n) is 7.45. The smallest absolute Gasteiger partial charge is 0.262 e. The van der Waals surface area contributed by atoms with Crippen LogP contribution in [0.25, 0.3) is 10.2 Å². The van der Waals surface area contributed by atoms with Crippen LogP contribution < -0.4 is 10.9 Å². The lowest BCUT2D eigenvalue weighted by molar-refractivity contribution is 0.0957. The number of nitrogens with one attached hydrogen (secondary N) is 1. The number of hydrogen-bond donors (Lipinski definition) is 1. The van der Waals surface area contributed by atoms with Crippen LogP contribution in [0.4, 0.5) is 0 Å². The minimum Gasteiger partial charge on any atom is -0.351 e. The Morgan fingerprint density at radius 3 is 2.88 bits per heavy atom. The van der Waals surface area contributed by atoms with E-state index < -0.39 is 0 Å². The highest BCUT2D eigenvalue weighted by Crippen LogP contribution is 2.26. The molecule has 0 saturated carbocycles. The molecule has 0 saturated heterocycles. The van der Waals surface area contributed by atoms with Gasteiger partial charge in [-0.25, -0.2) is 4.98 Å². The van der Waals surface area contributed by atoms with Gasteiger partial charge < -0.3 is 9.88 Å². The maximum atomic E-state index is 12.4. The molecule has 0 aliphatic heterocycles. The first kappa shape index (κ1) is 16.7. The van der Waals surface area contributed by atoms with Gasteiger partial charge in [-0.2, -0.15) is 0 Å². The van der Waals surface area contributed by atoms with Gasteiger partial charge in [-0.15, -0.1) is 11.3 Å². The van der Waals surface area contributed by atoms with Crippen LogP contribution in [0.1, 0.15) is 20.8 Å². The van der Waals surface area contributed by atoms with E-state index in [0.717, 1.165) is 5.56 Å². The van der Waals surface area contributed by atoms with E-state index in [1.54, 1.807) is 14.0 Å². The largest absolute Gasteiger partial charge is 0.351 e. The molecule has 1 aromatic carbocycles. The van der Waals surface area contributed by atoms with E-state index in [-0.39, 0.29) is 11.5 Å². The second kappa shape index (κ2) is 6.75. The molecule has 0 unspecified atom stereocenters. The lowest BCUT2D eigenvalue weighted by Gasteiger charge is -2.06. The molecule has 0 atom stereocenters. The molecule has 0 bridgehead atoms. The Kier molecular flexibility index (Phi) is 4.69. The number of benzene rings is 1. The Morgan fingerprint density at radius 1 is 1.38 bits per heavy atom. The summed E-state index contributed by atoms with van der Waals surface area (Å²) in [6, 6.07) is 7.56. The molecule has 0 radical (unpaired) electrons. The number of rotatable bonds is 4. The highest BCUT2D eigenvalue weighted by atomic mass is 35.5. The summed E-state index contributed by atoms with van der Waals surface area (Å²) in [5.74, 6) is -0.190. The van der Waals surface area contributed by atoms with Gasteiger partial charge in [-0.1, -0.05) is 29.8 Å². The summed E-state index contributed by atoms with van der Waals surface area (Å²) < 4.78 is 1.42. The van der Waals surface area contributed by atoms with Crippen molar-refractivity contribution in [3.8, 4) is 0 Å². The van der Waals surface area contributed by atoms with Crippen LogP contribution >= 0.6 is 22.9 Å². The molecule has 0 aliphatic rings. The summed E-state index contributed by atoms with van der Waals surface area (Å²) in [6.07, 6.45) is 2.12. The second-order valence-corrected chi connectivity index (χ2v) is 6.90. The van der Waals surface area contributed by atoms with Crippen LogP contribution in [0.15, 0.2) is 35.4 Å². The van der Waals surface area contributed by atoms with Crippen molar-refractivity contribution in [2.24, 2.45) is 7.05 Å². The maximum Gasteiger partial charge on any atom is 0.262 e. The van der Waals surface area contributed by atoms with E-state index in [1.807, 2.05) is 24.3 Å². The van der Waals surface area contributed by atoms with Gasteiger partial charge in [-0.05, 0) is 30.5 Å². The normalized spacial score (nSPS) is 11.0. The number of aromatic nitrogens is 2. The molecule has 2 aromatic heterocycles. The van der Waals surface area contributed by atoms with Gasteiger partial charge in [-0.3, -0.25) is 9.59 Å². The van der Waals surface area contributed by atoms with Gasteiger partial charge in [0.15, 0.2) is 0 Å². The fourth-order valence-electron chi connectivity index (χ4n) is 2.52. The monoisotopic (exact) mass is 361 g/mol. The fraction of sp³-hybridized carbons (Fsp3) is 0.235. The molecule has 0 aliphatic carbocycles. The van der Waals surface area contributed by atoms with Crippen molar-refractivity contribution in [3.05, 3.63) is 62.0 Å². The molecule has 2 heterocycles. The van der Waals surface area contributed by atoms with Crippen LogP contribution in [0.2, 0.25) is 5.02 Å². The van der Waals surface area contributed by atoms with Crippen LogP contribution in [0.5, 0.6) is 0 Å². The molecule has 0 spiro atoms. The lowest BCUT2D eigenvalue weighted by Crippen LogP contribution is -2.25. The minimum absolute atomic E-state index is 0.135. The molecule has 3 aromatic rings. The van der Waals surface area contributed by atoms with Crippen molar-refractivity contribution in [2.75, 3.05) is 6.54 Å². The number of thiophene rings is 1. The third-order valence-electron chi connectivity index (χ3n) is 3.85. The lowest BCUT2D eigenvalue weighted by atomic mass is 10.1. The van der Waals surface area contributed by atoms with E-state index in [9.17, 15) is 9.59 Å². The summed E-state index contributed by atoms with van der Waals surface area (Å²) in [5.41, 5.74) is 1.53. The van der Waals surface area contributed by atoms with Crippen molar-refractivity contribution in [1.29, 1.82) is 0 Å². The fourth-order valence-corrected chi connectivity index (χ4v) is 3.80. The molecule has 5 nitrogen and oxygen atoms in total. The first-order chi connectivity index (χ1) is 11.5. The molecule has 7 heteroatoms. The van der Waals surface area contributed by atoms with E-state index in [4.69, 9.17) is 11.6 Å². The summed E-state index contributed by atoms with van der Waals surface area (Å²) in [5, 5.41) is 4.09. The van der Waals surface area contributed by atoms with Crippen molar-refractivity contribution >= 4 is 39.1 Å². The first-order valence-corrected chi connectivity index (χ1v) is 8.65. The molecule has 1 amide bonds. The van der Waals surface area contributed by atoms with Crippen LogP contribution in [-0.2, 0) is 13.5 Å². The predicted molar refractivity (Wildman–Crippen MR) is 97.1 cm³/mol. The maximum absolute atomic E-state index is 12.4. The molecule has 24 heavy (non-hydrogen) atoms. The van der Waals surface area contributed by atoms with Crippen molar-refractivity contribution in [3.63, 3.8) is 0 Å². The number of amides is 1. The molecule has 1 N–H and O–H groups in total. The van der Waals surface area contributed by atoms with Crippen LogP contribution in [0, 0.1) is 6.92 Å². The highest BCUT2D eigenvalue weighted by Gasteiger charge is 2.18. The van der Waals surface area contributed by atoms with Gasteiger partial charge in [0.2, 0.25) is 0 Å². The van der Waals surface area contributed by atoms with E-state index in [2.05, 4.69) is 10.3 Å². The summed E-state index contributed by atoms with van der Waals surface area (Å²) in [6.45, 7) is 2.26. The Hall–Kier alpha value is -2.18. The zero-order valence-corrected chi connectivity index (χ0v) is 14.9. The number of nitrogens with zero attached hydrogens (tertiary/aromatic N) is 2. The number of halogens is 1. The topological polar surface area (TPSA) is 64.0 Å². The van der Waals surface area contributed by atoms with Crippen LogP contribution in [-0.4, -0.2) is 22.0 Å². The Bertz CT molecular complexity index is 978. The Labute approximate surface area is 147 Å². The SMILES string of the molecule is Cc1c(C(=O)NCCc2ccccc2Cl)sc2ncn(C)c(=O)c12. The van der Waals surface area contributed by atoms with E-state index >= 15 is 0 Å². The van der Waals surface area contributed by atoms with Gasteiger partial charge in [0, 0.05) is 18.6 Å². The average molecular weight is 362 g/mol. The highest BCUT2D eigenvalue weighted by molar-refractivity contribution is 7.20.